The minimum Gasteiger partial charge on any atom is -0.435 e. The Morgan fingerprint density at radius 2 is 1.92 bits per heavy atom. The fraction of sp³-hybridized carbons (Fsp3) is 0.333. The summed E-state index contributed by atoms with van der Waals surface area (Å²) in [7, 11) is 0. The van der Waals surface area contributed by atoms with Gasteiger partial charge in [-0.3, -0.25) is 4.79 Å². The molecule has 0 radical (unpaired) electrons. The maximum Gasteiger partial charge on any atom is 0.387 e. The molecule has 0 atom stereocenters. The van der Waals surface area contributed by atoms with Crippen LogP contribution in [0.4, 0.5) is 14.6 Å². The zero-order valence-electron chi connectivity index (χ0n) is 14.0. The number of halogens is 2. The van der Waals surface area contributed by atoms with Crippen molar-refractivity contribution in [2.75, 3.05) is 31.2 Å². The first-order valence-corrected chi connectivity index (χ1v) is 8.22. The van der Waals surface area contributed by atoms with E-state index in [-0.39, 0.29) is 11.7 Å². The van der Waals surface area contributed by atoms with Crippen LogP contribution in [0, 0.1) is 0 Å². The van der Waals surface area contributed by atoms with E-state index in [2.05, 4.69) is 19.9 Å². The first-order valence-electron chi connectivity index (χ1n) is 8.22. The summed E-state index contributed by atoms with van der Waals surface area (Å²) >= 11 is 0. The van der Waals surface area contributed by atoms with Crippen LogP contribution in [0.5, 0.6) is 5.75 Å². The number of aromatic nitrogens is 1. The molecule has 1 saturated heterocycles. The van der Waals surface area contributed by atoms with Crippen LogP contribution in [-0.4, -0.2) is 43.8 Å². The molecular weight excluding hydrogens is 344 g/mol. The van der Waals surface area contributed by atoms with E-state index in [1.54, 1.807) is 6.20 Å². The summed E-state index contributed by atoms with van der Waals surface area (Å²) in [5.41, 5.74) is 1.23. The highest BCUT2D eigenvalue weighted by atomic mass is 19.3. The van der Waals surface area contributed by atoms with E-state index in [0.29, 0.717) is 25.3 Å². The predicted octanol–water partition coefficient (Wildman–Crippen LogP) is 2.45. The molecule has 26 heavy (non-hydrogen) atoms. The van der Waals surface area contributed by atoms with E-state index >= 15 is 0 Å². The van der Waals surface area contributed by atoms with Crippen molar-refractivity contribution in [1.82, 2.24) is 10.3 Å². The van der Waals surface area contributed by atoms with Crippen LogP contribution in [0.2, 0.25) is 0 Å². The molecule has 0 aliphatic carbocycles. The number of hydrogen-bond acceptors (Lipinski definition) is 5. The lowest BCUT2D eigenvalue weighted by Crippen LogP contribution is -2.36. The molecule has 1 aliphatic heterocycles. The molecule has 6 nitrogen and oxygen atoms in total. The van der Waals surface area contributed by atoms with E-state index in [9.17, 15) is 13.6 Å². The number of alkyl halides is 2. The third kappa shape index (κ3) is 4.89. The Hall–Kier alpha value is -2.74. The van der Waals surface area contributed by atoms with E-state index in [4.69, 9.17) is 4.74 Å². The lowest BCUT2D eigenvalue weighted by atomic mass is 10.2. The van der Waals surface area contributed by atoms with Crippen LogP contribution < -0.4 is 15.0 Å². The molecule has 3 rings (SSSR count). The predicted molar refractivity (Wildman–Crippen MR) is 91.5 cm³/mol. The summed E-state index contributed by atoms with van der Waals surface area (Å²) in [6, 6.07) is 9.38. The molecule has 1 fully saturated rings. The molecule has 0 unspecified atom stereocenters. The Kier molecular flexibility index (Phi) is 5.96. The molecule has 1 aliphatic rings. The lowest BCUT2D eigenvalue weighted by molar-refractivity contribution is -0.0498. The highest BCUT2D eigenvalue weighted by Crippen LogP contribution is 2.15. The molecule has 1 aromatic heterocycles. The van der Waals surface area contributed by atoms with Crippen molar-refractivity contribution in [2.45, 2.75) is 13.2 Å². The average molecular weight is 363 g/mol. The normalized spacial score (nSPS) is 14.3. The fourth-order valence-corrected chi connectivity index (χ4v) is 2.57. The van der Waals surface area contributed by atoms with Gasteiger partial charge in [0.25, 0.3) is 5.91 Å². The number of rotatable bonds is 6. The summed E-state index contributed by atoms with van der Waals surface area (Å²) in [6.07, 6.45) is 1.73. The number of carbonyl (C=O) groups is 1. The third-order valence-corrected chi connectivity index (χ3v) is 3.94. The summed E-state index contributed by atoms with van der Waals surface area (Å²) in [5, 5.41) is 2.77. The lowest BCUT2D eigenvalue weighted by Gasteiger charge is -2.27. The van der Waals surface area contributed by atoms with Gasteiger partial charge in [0.15, 0.2) is 0 Å². The molecule has 8 heteroatoms. The van der Waals surface area contributed by atoms with E-state index in [1.165, 1.54) is 24.3 Å². The van der Waals surface area contributed by atoms with Gasteiger partial charge >= 0.3 is 6.61 Å². The number of pyridine rings is 1. The number of anilines is 1. The number of morpholine rings is 1. The van der Waals surface area contributed by atoms with E-state index in [0.717, 1.165) is 24.5 Å². The maximum atomic E-state index is 12.1. The zero-order valence-corrected chi connectivity index (χ0v) is 14.0. The van der Waals surface area contributed by atoms with Crippen LogP contribution in [0.15, 0.2) is 42.6 Å². The second-order valence-electron chi connectivity index (χ2n) is 5.71. The Morgan fingerprint density at radius 1 is 1.19 bits per heavy atom. The number of benzene rings is 1. The van der Waals surface area contributed by atoms with Crippen LogP contribution in [0.3, 0.4) is 0 Å². The number of amides is 1. The van der Waals surface area contributed by atoms with Gasteiger partial charge in [-0.05, 0) is 35.9 Å². The highest BCUT2D eigenvalue weighted by Gasteiger charge is 2.12. The Morgan fingerprint density at radius 3 is 2.54 bits per heavy atom. The van der Waals surface area contributed by atoms with E-state index < -0.39 is 6.61 Å². The van der Waals surface area contributed by atoms with Crippen LogP contribution in [-0.2, 0) is 11.3 Å². The van der Waals surface area contributed by atoms with Crippen molar-refractivity contribution in [3.05, 3.63) is 53.7 Å². The fourth-order valence-electron chi connectivity index (χ4n) is 2.57. The number of nitrogens with zero attached hydrogens (tertiary/aromatic N) is 2. The second-order valence-corrected chi connectivity index (χ2v) is 5.71. The summed E-state index contributed by atoms with van der Waals surface area (Å²) < 4.78 is 33.8. The number of ether oxygens (including phenoxy) is 2. The van der Waals surface area contributed by atoms with Crippen LogP contribution >= 0.6 is 0 Å². The molecule has 1 N–H and O–H groups in total. The molecule has 1 aromatic carbocycles. The van der Waals surface area contributed by atoms with Gasteiger partial charge in [0.1, 0.15) is 11.6 Å². The quantitative estimate of drug-likeness (QED) is 0.854. The minimum absolute atomic E-state index is 0.0134. The van der Waals surface area contributed by atoms with Crippen molar-refractivity contribution in [3.63, 3.8) is 0 Å². The van der Waals surface area contributed by atoms with Crippen molar-refractivity contribution < 1.29 is 23.0 Å². The molecular formula is C18H19F2N3O3. The van der Waals surface area contributed by atoms with Crippen molar-refractivity contribution in [2.24, 2.45) is 0 Å². The Bertz CT molecular complexity index is 717. The Balaban J connectivity index is 1.52. The monoisotopic (exact) mass is 363 g/mol. The van der Waals surface area contributed by atoms with Gasteiger partial charge in [-0.15, -0.1) is 0 Å². The first kappa shape index (κ1) is 18.1. The largest absolute Gasteiger partial charge is 0.435 e. The molecule has 0 spiro atoms. The smallest absolute Gasteiger partial charge is 0.387 e. The molecule has 0 bridgehead atoms. The molecule has 2 aromatic rings. The van der Waals surface area contributed by atoms with Gasteiger partial charge in [-0.1, -0.05) is 6.07 Å². The standard InChI is InChI=1S/C18H19F2N3O3/c19-18(20)26-15-4-2-14(3-5-15)17(24)22-12-13-1-6-16(21-11-13)23-7-9-25-10-8-23/h1-6,11,18H,7-10,12H2,(H,22,24). The van der Waals surface area contributed by atoms with Gasteiger partial charge < -0.3 is 19.7 Å². The van der Waals surface area contributed by atoms with Crippen LogP contribution in [0.1, 0.15) is 15.9 Å². The molecule has 0 saturated carbocycles. The molecule has 138 valence electrons. The highest BCUT2D eigenvalue weighted by molar-refractivity contribution is 5.94. The van der Waals surface area contributed by atoms with Gasteiger partial charge in [0.2, 0.25) is 0 Å². The third-order valence-electron chi connectivity index (χ3n) is 3.94. The Labute approximate surface area is 149 Å². The number of carbonyl (C=O) groups excluding carboxylic acids is 1. The topological polar surface area (TPSA) is 63.7 Å². The number of nitrogens with one attached hydrogen (secondary N) is 1. The van der Waals surface area contributed by atoms with Gasteiger partial charge in [0.05, 0.1) is 13.2 Å². The summed E-state index contributed by atoms with van der Waals surface area (Å²) in [4.78, 5) is 18.7. The molecule has 2 heterocycles. The van der Waals surface area contributed by atoms with Crippen molar-refractivity contribution in [3.8, 4) is 5.75 Å². The maximum absolute atomic E-state index is 12.1. The van der Waals surface area contributed by atoms with Crippen molar-refractivity contribution in [1.29, 1.82) is 0 Å². The summed E-state index contributed by atoms with van der Waals surface area (Å²) in [6.45, 7) is 0.455. The van der Waals surface area contributed by atoms with Gasteiger partial charge in [0, 0.05) is 31.4 Å². The SMILES string of the molecule is O=C(NCc1ccc(N2CCOCC2)nc1)c1ccc(OC(F)F)cc1. The zero-order chi connectivity index (χ0) is 18.4. The minimum atomic E-state index is -2.89. The van der Waals surface area contributed by atoms with Crippen molar-refractivity contribution >= 4 is 11.7 Å². The molecule has 1 amide bonds. The number of hydrogen-bond donors (Lipinski definition) is 1. The van der Waals surface area contributed by atoms with Gasteiger partial charge in [-0.25, -0.2) is 4.98 Å². The average Bonchev–Trinajstić information content (AvgIpc) is 2.67. The van der Waals surface area contributed by atoms with Crippen LogP contribution in [0.25, 0.3) is 0 Å². The van der Waals surface area contributed by atoms with E-state index in [1.807, 2.05) is 12.1 Å². The van der Waals surface area contributed by atoms with Gasteiger partial charge in [-0.2, -0.15) is 8.78 Å². The summed E-state index contributed by atoms with van der Waals surface area (Å²) in [5.74, 6) is 0.600. The second kappa shape index (κ2) is 8.57. The first-order chi connectivity index (χ1) is 12.6.